The maximum Gasteiger partial charge on any atom is 1.00 e. The number of benzene rings is 1. The fourth-order valence-electron chi connectivity index (χ4n) is 0.823. The quantitative estimate of drug-likeness (QED) is 0.531. The molecule has 1 aromatic rings. The molecule has 0 aliphatic carbocycles. The van der Waals surface area contributed by atoms with Gasteiger partial charge < -0.3 is 5.61 Å². The van der Waals surface area contributed by atoms with Crippen LogP contribution in [0.25, 0.3) is 0 Å². The number of hydrogen-bond donors (Lipinski definition) is 0. The van der Waals surface area contributed by atoms with Crippen molar-refractivity contribution in [3.05, 3.63) is 42.7 Å². The largest absolute Gasteiger partial charge is 1.00 e. The molecule has 0 N–H and O–H groups in total. The maximum absolute atomic E-state index is 11.4. The molecule has 0 atom stereocenters. The van der Waals surface area contributed by atoms with Crippen LogP contribution in [0.4, 0.5) is 0 Å². The fraction of sp³-hybridized carbons (Fsp3) is 0.111. The summed E-state index contributed by atoms with van der Waals surface area (Å²) >= 11 is 0. The molecule has 0 aromatic heterocycles. The van der Waals surface area contributed by atoms with Gasteiger partial charge in [0, 0.05) is 0 Å². The van der Waals surface area contributed by atoms with E-state index in [-0.39, 0.29) is 70.3 Å². The van der Waals surface area contributed by atoms with Gasteiger partial charge >= 0.3 is 68.3 Å². The zero-order chi connectivity index (χ0) is 9.90. The Morgan fingerprint density at radius 2 is 1.86 bits per heavy atom. The first-order valence-corrected chi connectivity index (χ1v) is 5.08. The standard InChI is InChI=1S/C9H10O3S.Rb.H/c1-8(2)12-13(10,11)9-6-4-3-5-7-9;;/h3-7H,1H2,2H3;;/q;+1;-1. The van der Waals surface area contributed by atoms with E-state index in [2.05, 4.69) is 10.8 Å². The molecule has 0 aliphatic rings. The predicted octanol–water partition coefficient (Wildman–Crippen LogP) is -0.958. The molecule has 0 bridgehead atoms. The number of allylic oxidation sites excluding steroid dienone is 1. The van der Waals surface area contributed by atoms with Gasteiger partial charge in [-0.1, -0.05) is 24.8 Å². The first kappa shape index (κ1) is 14.5. The van der Waals surface area contributed by atoms with Crippen molar-refractivity contribution in [3.63, 3.8) is 0 Å². The summed E-state index contributed by atoms with van der Waals surface area (Å²) in [5.74, 6) is 0.156. The molecular formula is C9H11O3RbS. The summed E-state index contributed by atoms with van der Waals surface area (Å²) in [6.07, 6.45) is 0. The van der Waals surface area contributed by atoms with Crippen LogP contribution in [-0.4, -0.2) is 8.42 Å². The van der Waals surface area contributed by atoms with Crippen LogP contribution in [0, 0.1) is 0 Å². The molecule has 0 heterocycles. The Labute approximate surface area is 135 Å². The van der Waals surface area contributed by atoms with Crippen molar-refractivity contribution in [3.8, 4) is 0 Å². The van der Waals surface area contributed by atoms with Gasteiger partial charge in [-0.2, -0.15) is 8.42 Å². The van der Waals surface area contributed by atoms with E-state index in [1.54, 1.807) is 18.2 Å². The summed E-state index contributed by atoms with van der Waals surface area (Å²) in [5, 5.41) is 0. The third-order valence-corrected chi connectivity index (χ3v) is 2.64. The number of hydrogen-bond acceptors (Lipinski definition) is 3. The Kier molecular flexibility index (Phi) is 6.40. The molecule has 3 nitrogen and oxygen atoms in total. The van der Waals surface area contributed by atoms with Crippen molar-refractivity contribution in [2.45, 2.75) is 11.8 Å². The van der Waals surface area contributed by atoms with Crippen LogP contribution in [0.1, 0.15) is 8.35 Å². The minimum absolute atomic E-state index is 0. The SMILES string of the molecule is C=C(C)OS(=O)(=O)c1ccccc1.[H-].[Rb+]. The second-order valence-electron chi connectivity index (χ2n) is 2.55. The molecule has 0 spiro atoms. The van der Waals surface area contributed by atoms with Gasteiger partial charge in [0.25, 0.3) is 0 Å². The Morgan fingerprint density at radius 1 is 1.36 bits per heavy atom. The van der Waals surface area contributed by atoms with Gasteiger partial charge in [0.1, 0.15) is 10.7 Å². The van der Waals surface area contributed by atoms with Crippen LogP contribution < -0.4 is 58.2 Å². The molecule has 72 valence electrons. The van der Waals surface area contributed by atoms with E-state index in [9.17, 15) is 8.42 Å². The molecule has 0 saturated carbocycles. The van der Waals surface area contributed by atoms with E-state index in [0.717, 1.165) is 0 Å². The molecule has 0 radical (unpaired) electrons. The maximum atomic E-state index is 11.4. The van der Waals surface area contributed by atoms with Gasteiger partial charge in [0.15, 0.2) is 0 Å². The molecule has 0 aliphatic heterocycles. The van der Waals surface area contributed by atoms with Crippen LogP contribution in [0.15, 0.2) is 47.6 Å². The zero-order valence-corrected chi connectivity index (χ0v) is 14.0. The van der Waals surface area contributed by atoms with E-state index in [0.29, 0.717) is 0 Å². The second kappa shape index (κ2) is 6.18. The average Bonchev–Trinajstić information content (AvgIpc) is 2.04. The van der Waals surface area contributed by atoms with Crippen molar-refractivity contribution in [2.24, 2.45) is 0 Å². The third kappa shape index (κ3) is 4.36. The van der Waals surface area contributed by atoms with E-state index in [1.807, 2.05) is 0 Å². The van der Waals surface area contributed by atoms with Gasteiger partial charge in [0.2, 0.25) is 0 Å². The molecule has 14 heavy (non-hydrogen) atoms. The van der Waals surface area contributed by atoms with Crippen LogP contribution >= 0.6 is 0 Å². The van der Waals surface area contributed by atoms with Crippen molar-refractivity contribution in [2.75, 3.05) is 0 Å². The van der Waals surface area contributed by atoms with Crippen molar-refractivity contribution in [1.29, 1.82) is 0 Å². The van der Waals surface area contributed by atoms with E-state index in [1.165, 1.54) is 19.1 Å². The molecule has 0 fully saturated rings. The predicted molar refractivity (Wildman–Crippen MR) is 50.6 cm³/mol. The third-order valence-electron chi connectivity index (χ3n) is 1.28. The topological polar surface area (TPSA) is 43.4 Å². The summed E-state index contributed by atoms with van der Waals surface area (Å²) in [5.41, 5.74) is 0. The first-order valence-electron chi connectivity index (χ1n) is 3.67. The summed E-state index contributed by atoms with van der Waals surface area (Å²) in [6.45, 7) is 4.85. The summed E-state index contributed by atoms with van der Waals surface area (Å²) in [6, 6.07) is 7.94. The van der Waals surface area contributed by atoms with Gasteiger partial charge in [-0.25, -0.2) is 0 Å². The Morgan fingerprint density at radius 3 is 2.29 bits per heavy atom. The van der Waals surface area contributed by atoms with Crippen molar-refractivity contribution in [1.82, 2.24) is 0 Å². The normalized spacial score (nSPS) is 10.1. The molecular weight excluding hydrogens is 274 g/mol. The van der Waals surface area contributed by atoms with Crippen LogP contribution in [-0.2, 0) is 14.3 Å². The molecule has 0 amide bonds. The van der Waals surface area contributed by atoms with Crippen molar-refractivity contribution < 1.29 is 72.2 Å². The average molecular weight is 285 g/mol. The summed E-state index contributed by atoms with van der Waals surface area (Å²) in [7, 11) is -3.66. The molecule has 0 unspecified atom stereocenters. The Hall–Kier alpha value is 0.515. The molecule has 1 aromatic carbocycles. The van der Waals surface area contributed by atoms with E-state index < -0.39 is 10.1 Å². The van der Waals surface area contributed by atoms with Crippen molar-refractivity contribution >= 4 is 10.1 Å². The Bertz CT molecular complexity index is 403. The first-order chi connectivity index (χ1) is 6.02. The Balaban J connectivity index is 0. The van der Waals surface area contributed by atoms with Crippen LogP contribution in [0.5, 0.6) is 0 Å². The van der Waals surface area contributed by atoms with Crippen LogP contribution in [0.2, 0.25) is 0 Å². The summed E-state index contributed by atoms with van der Waals surface area (Å²) in [4.78, 5) is 0.137. The minimum atomic E-state index is -3.66. The fourth-order valence-corrected chi connectivity index (χ4v) is 1.78. The van der Waals surface area contributed by atoms with Gasteiger partial charge in [-0.3, -0.25) is 0 Å². The smallest absolute Gasteiger partial charge is 1.00 e. The second-order valence-corrected chi connectivity index (χ2v) is 4.10. The van der Waals surface area contributed by atoms with E-state index >= 15 is 0 Å². The summed E-state index contributed by atoms with van der Waals surface area (Å²) < 4.78 is 27.3. The van der Waals surface area contributed by atoms with E-state index in [4.69, 9.17) is 0 Å². The monoisotopic (exact) mass is 284 g/mol. The molecule has 0 saturated heterocycles. The van der Waals surface area contributed by atoms with Crippen LogP contribution in [0.3, 0.4) is 0 Å². The minimum Gasteiger partial charge on any atom is -1.00 e. The van der Waals surface area contributed by atoms with Gasteiger partial charge in [0.05, 0.1) is 0 Å². The number of rotatable bonds is 3. The molecule has 5 heteroatoms. The van der Waals surface area contributed by atoms with Gasteiger partial charge in [-0.05, 0) is 19.1 Å². The molecule has 1 rings (SSSR count). The van der Waals surface area contributed by atoms with Gasteiger partial charge in [-0.15, -0.1) is 0 Å². The zero-order valence-electron chi connectivity index (χ0n) is 9.23.